The number of amides is 2. The number of ether oxygens (including phenoxy) is 1. The predicted octanol–water partition coefficient (Wildman–Crippen LogP) is 2.76. The first kappa shape index (κ1) is 18.9. The van der Waals surface area contributed by atoms with E-state index in [0.717, 1.165) is 5.69 Å². The summed E-state index contributed by atoms with van der Waals surface area (Å²) < 4.78 is 7.13. The average molecular weight is 377 g/mol. The summed E-state index contributed by atoms with van der Waals surface area (Å²) in [5, 5.41) is 2.63. The van der Waals surface area contributed by atoms with Crippen molar-refractivity contribution in [3.63, 3.8) is 0 Å². The molecule has 3 N–H and O–H groups in total. The molecule has 1 atom stereocenters. The number of rotatable bonds is 6. The Morgan fingerprint density at radius 1 is 0.964 bits per heavy atom. The topological polar surface area (TPSA) is 103 Å². The number of carbonyl (C=O) groups excluding carboxylic acids is 3. The second kappa shape index (κ2) is 8.22. The Balaban J connectivity index is 1.63. The van der Waals surface area contributed by atoms with Crippen LogP contribution in [0.3, 0.4) is 0 Å². The molecular weight excluding hydrogens is 358 g/mol. The first-order valence-electron chi connectivity index (χ1n) is 8.59. The maximum atomic E-state index is 12.4. The number of aromatic nitrogens is 1. The molecule has 0 aliphatic rings. The summed E-state index contributed by atoms with van der Waals surface area (Å²) in [6.07, 6.45) is 2.73. The van der Waals surface area contributed by atoms with Crippen LogP contribution in [-0.4, -0.2) is 28.5 Å². The van der Waals surface area contributed by atoms with Crippen LogP contribution in [0.4, 0.5) is 5.69 Å². The lowest BCUT2D eigenvalue weighted by atomic mass is 10.2. The molecule has 1 unspecified atom stereocenters. The summed E-state index contributed by atoms with van der Waals surface area (Å²) in [7, 11) is 0. The number of primary amides is 1. The van der Waals surface area contributed by atoms with Crippen LogP contribution in [-0.2, 0) is 9.53 Å². The van der Waals surface area contributed by atoms with Crippen LogP contribution in [0.1, 0.15) is 27.6 Å². The molecule has 3 rings (SSSR count). The first-order valence-corrected chi connectivity index (χ1v) is 8.59. The minimum Gasteiger partial charge on any atom is -0.449 e. The molecule has 0 saturated heterocycles. The van der Waals surface area contributed by atoms with Gasteiger partial charge in [0.05, 0.1) is 5.56 Å². The van der Waals surface area contributed by atoms with Gasteiger partial charge in [0.1, 0.15) is 0 Å². The molecule has 7 nitrogen and oxygen atoms in total. The summed E-state index contributed by atoms with van der Waals surface area (Å²) in [5.41, 5.74) is 7.13. The third-order valence-corrected chi connectivity index (χ3v) is 4.07. The Morgan fingerprint density at radius 2 is 1.64 bits per heavy atom. The third-order valence-electron chi connectivity index (χ3n) is 4.07. The Morgan fingerprint density at radius 3 is 2.29 bits per heavy atom. The van der Waals surface area contributed by atoms with Gasteiger partial charge in [0, 0.05) is 29.3 Å². The number of carbonyl (C=O) groups is 3. The zero-order valence-corrected chi connectivity index (χ0v) is 15.2. The van der Waals surface area contributed by atoms with Crippen LogP contribution in [0.5, 0.6) is 0 Å². The van der Waals surface area contributed by atoms with Crippen molar-refractivity contribution in [1.82, 2.24) is 4.57 Å². The number of esters is 1. The van der Waals surface area contributed by atoms with Gasteiger partial charge in [-0.1, -0.05) is 6.07 Å². The van der Waals surface area contributed by atoms with Crippen LogP contribution >= 0.6 is 0 Å². The molecule has 3 aromatic rings. The van der Waals surface area contributed by atoms with Gasteiger partial charge in [-0.05, 0) is 61.5 Å². The van der Waals surface area contributed by atoms with Gasteiger partial charge < -0.3 is 20.4 Å². The van der Waals surface area contributed by atoms with Gasteiger partial charge in [0.2, 0.25) is 5.91 Å². The fourth-order valence-electron chi connectivity index (χ4n) is 2.54. The number of hydrogen-bond acceptors (Lipinski definition) is 4. The summed E-state index contributed by atoms with van der Waals surface area (Å²) in [6.45, 7) is 1.49. The standard InChI is InChI=1S/C21H19N3O4/c1-14(20(26)23-17-9-7-15(8-10-17)19(22)25)28-21(27)16-5-4-6-18(13-16)24-11-2-3-12-24/h2-14H,1H3,(H2,22,25)(H,23,26). The van der Waals surface area contributed by atoms with Crippen LogP contribution in [0.2, 0.25) is 0 Å². The van der Waals surface area contributed by atoms with Crippen LogP contribution in [0, 0.1) is 0 Å². The van der Waals surface area contributed by atoms with Crippen LogP contribution in [0.25, 0.3) is 5.69 Å². The summed E-state index contributed by atoms with van der Waals surface area (Å²) in [4.78, 5) is 35.7. The zero-order valence-electron chi connectivity index (χ0n) is 15.2. The van der Waals surface area contributed by atoms with E-state index in [1.807, 2.05) is 35.2 Å². The summed E-state index contributed by atoms with van der Waals surface area (Å²) in [5.74, 6) is -1.63. The highest BCUT2D eigenvalue weighted by Crippen LogP contribution is 2.14. The van der Waals surface area contributed by atoms with Crippen molar-refractivity contribution < 1.29 is 19.1 Å². The molecule has 0 bridgehead atoms. The number of hydrogen-bond donors (Lipinski definition) is 2. The lowest BCUT2D eigenvalue weighted by Crippen LogP contribution is -2.30. The van der Waals surface area contributed by atoms with Gasteiger partial charge in [0.25, 0.3) is 5.91 Å². The van der Waals surface area contributed by atoms with E-state index in [1.54, 1.807) is 30.3 Å². The van der Waals surface area contributed by atoms with Gasteiger partial charge in [0.15, 0.2) is 6.10 Å². The van der Waals surface area contributed by atoms with Crippen molar-refractivity contribution in [2.24, 2.45) is 5.73 Å². The second-order valence-corrected chi connectivity index (χ2v) is 6.12. The van der Waals surface area contributed by atoms with Crippen molar-refractivity contribution in [2.75, 3.05) is 5.32 Å². The van der Waals surface area contributed by atoms with Crippen molar-refractivity contribution in [3.05, 3.63) is 84.2 Å². The number of nitrogens with zero attached hydrogens (tertiary/aromatic N) is 1. The Kier molecular flexibility index (Phi) is 5.55. The predicted molar refractivity (Wildman–Crippen MR) is 104 cm³/mol. The highest BCUT2D eigenvalue weighted by Gasteiger charge is 2.19. The van der Waals surface area contributed by atoms with Gasteiger partial charge in [-0.15, -0.1) is 0 Å². The molecule has 1 heterocycles. The van der Waals surface area contributed by atoms with Gasteiger partial charge in [-0.3, -0.25) is 9.59 Å². The zero-order chi connectivity index (χ0) is 20.1. The Hall–Kier alpha value is -3.87. The van der Waals surface area contributed by atoms with Crippen molar-refractivity contribution in [2.45, 2.75) is 13.0 Å². The largest absolute Gasteiger partial charge is 0.449 e. The van der Waals surface area contributed by atoms with E-state index in [4.69, 9.17) is 10.5 Å². The molecule has 0 aliphatic heterocycles. The SMILES string of the molecule is CC(OC(=O)c1cccc(-n2cccc2)c1)C(=O)Nc1ccc(C(N)=O)cc1. The van der Waals surface area contributed by atoms with E-state index in [0.29, 0.717) is 16.8 Å². The molecule has 0 radical (unpaired) electrons. The molecule has 0 fully saturated rings. The molecular formula is C21H19N3O4. The molecule has 2 aromatic carbocycles. The van der Waals surface area contributed by atoms with E-state index < -0.39 is 23.9 Å². The number of benzene rings is 2. The molecule has 1 aromatic heterocycles. The van der Waals surface area contributed by atoms with Crippen LogP contribution in [0.15, 0.2) is 73.1 Å². The van der Waals surface area contributed by atoms with Crippen molar-refractivity contribution in [3.8, 4) is 5.69 Å². The Labute approximate surface area is 161 Å². The fraction of sp³-hybridized carbons (Fsp3) is 0.0952. The van der Waals surface area contributed by atoms with E-state index in [2.05, 4.69) is 5.32 Å². The highest BCUT2D eigenvalue weighted by atomic mass is 16.5. The normalized spacial score (nSPS) is 11.5. The Bertz CT molecular complexity index is 995. The lowest BCUT2D eigenvalue weighted by molar-refractivity contribution is -0.123. The summed E-state index contributed by atoms with van der Waals surface area (Å²) in [6, 6.07) is 16.8. The molecule has 28 heavy (non-hydrogen) atoms. The van der Waals surface area contributed by atoms with Gasteiger partial charge in [-0.2, -0.15) is 0 Å². The molecule has 0 aliphatic carbocycles. The molecule has 2 amide bonds. The minimum absolute atomic E-state index is 0.333. The maximum absolute atomic E-state index is 12.4. The molecule has 7 heteroatoms. The molecule has 0 saturated carbocycles. The quantitative estimate of drug-likeness (QED) is 0.645. The van der Waals surface area contributed by atoms with Gasteiger partial charge >= 0.3 is 5.97 Å². The van der Waals surface area contributed by atoms with Crippen molar-refractivity contribution in [1.29, 1.82) is 0 Å². The highest BCUT2D eigenvalue weighted by molar-refractivity contribution is 5.98. The van der Waals surface area contributed by atoms with E-state index >= 15 is 0 Å². The number of anilines is 1. The second-order valence-electron chi connectivity index (χ2n) is 6.12. The molecule has 142 valence electrons. The molecule has 0 spiro atoms. The number of nitrogens with one attached hydrogen (secondary N) is 1. The third kappa shape index (κ3) is 4.45. The van der Waals surface area contributed by atoms with E-state index in [9.17, 15) is 14.4 Å². The minimum atomic E-state index is -1.00. The monoisotopic (exact) mass is 377 g/mol. The fourth-order valence-corrected chi connectivity index (χ4v) is 2.54. The average Bonchev–Trinajstić information content (AvgIpc) is 3.23. The first-order chi connectivity index (χ1) is 13.4. The number of nitrogens with two attached hydrogens (primary N) is 1. The smallest absolute Gasteiger partial charge is 0.338 e. The summed E-state index contributed by atoms with van der Waals surface area (Å²) >= 11 is 0. The maximum Gasteiger partial charge on any atom is 0.338 e. The van der Waals surface area contributed by atoms with Crippen LogP contribution < -0.4 is 11.1 Å². The van der Waals surface area contributed by atoms with E-state index in [-0.39, 0.29) is 0 Å². The van der Waals surface area contributed by atoms with E-state index in [1.165, 1.54) is 19.1 Å². The van der Waals surface area contributed by atoms with Gasteiger partial charge in [-0.25, -0.2) is 4.79 Å². The lowest BCUT2D eigenvalue weighted by Gasteiger charge is -2.14. The van der Waals surface area contributed by atoms with Crippen molar-refractivity contribution >= 4 is 23.5 Å².